The molecule has 0 spiro atoms. The van der Waals surface area contributed by atoms with Crippen LogP contribution in [0.5, 0.6) is 0 Å². The lowest BCUT2D eigenvalue weighted by Crippen LogP contribution is -2.23. The summed E-state index contributed by atoms with van der Waals surface area (Å²) in [7, 11) is 0. The summed E-state index contributed by atoms with van der Waals surface area (Å²) >= 11 is 0. The van der Waals surface area contributed by atoms with Crippen LogP contribution in [0.4, 0.5) is 0 Å². The highest BCUT2D eigenvalue weighted by atomic mass is 16.5. The van der Waals surface area contributed by atoms with Gasteiger partial charge in [-0.25, -0.2) is 0 Å². The second kappa shape index (κ2) is 9.45. The summed E-state index contributed by atoms with van der Waals surface area (Å²) in [6.07, 6.45) is 3.63. The van der Waals surface area contributed by atoms with E-state index in [2.05, 4.69) is 13.2 Å². The lowest BCUT2D eigenvalue weighted by atomic mass is 9.94. The van der Waals surface area contributed by atoms with Crippen molar-refractivity contribution in [2.75, 3.05) is 13.2 Å². The van der Waals surface area contributed by atoms with Crippen molar-refractivity contribution >= 4 is 11.9 Å². The van der Waals surface area contributed by atoms with Crippen LogP contribution in [0.1, 0.15) is 26.7 Å². The van der Waals surface area contributed by atoms with Gasteiger partial charge in [0.2, 0.25) is 0 Å². The number of hydrogen-bond donors (Lipinski definition) is 0. The molecule has 0 saturated carbocycles. The third kappa shape index (κ3) is 7.65. The molecule has 0 aliphatic carbocycles. The summed E-state index contributed by atoms with van der Waals surface area (Å²) in [4.78, 5) is 23.2. The first-order valence-electron chi connectivity index (χ1n) is 6.05. The van der Waals surface area contributed by atoms with Gasteiger partial charge in [-0.1, -0.05) is 39.2 Å². The number of carbonyl (C=O) groups is 2. The Bertz CT molecular complexity index is 294. The van der Waals surface area contributed by atoms with Gasteiger partial charge in [0.15, 0.2) is 0 Å². The van der Waals surface area contributed by atoms with E-state index in [9.17, 15) is 9.59 Å². The number of ether oxygens (including phenoxy) is 2. The van der Waals surface area contributed by atoms with Gasteiger partial charge in [0.1, 0.15) is 13.2 Å². The van der Waals surface area contributed by atoms with E-state index in [1.165, 1.54) is 12.2 Å². The summed E-state index contributed by atoms with van der Waals surface area (Å²) in [5.41, 5.74) is 0. The zero-order valence-electron chi connectivity index (χ0n) is 11.2. The first-order valence-corrected chi connectivity index (χ1v) is 6.05. The molecule has 4 heteroatoms. The number of rotatable bonds is 9. The third-order valence-electron chi connectivity index (χ3n) is 2.21. The molecule has 0 heterocycles. The molecule has 0 radical (unpaired) electrons. The van der Waals surface area contributed by atoms with E-state index in [-0.39, 0.29) is 25.6 Å². The molecule has 18 heavy (non-hydrogen) atoms. The molecule has 0 bridgehead atoms. The van der Waals surface area contributed by atoms with Crippen molar-refractivity contribution in [3.8, 4) is 0 Å². The monoisotopic (exact) mass is 254 g/mol. The Balaban J connectivity index is 4.37. The quantitative estimate of drug-likeness (QED) is 0.468. The second-order valence-corrected chi connectivity index (χ2v) is 4.42. The van der Waals surface area contributed by atoms with E-state index >= 15 is 0 Å². The molecule has 0 aromatic carbocycles. The number of carbonyl (C=O) groups excluding carboxylic acids is 2. The van der Waals surface area contributed by atoms with Crippen molar-refractivity contribution in [2.24, 2.45) is 11.8 Å². The molecule has 4 nitrogen and oxygen atoms in total. The highest BCUT2D eigenvalue weighted by molar-refractivity contribution is 5.80. The van der Waals surface area contributed by atoms with Gasteiger partial charge in [-0.05, 0) is 12.3 Å². The fourth-order valence-corrected chi connectivity index (χ4v) is 1.50. The Hall–Kier alpha value is -1.58. The Morgan fingerprint density at radius 3 is 2.17 bits per heavy atom. The Kier molecular flexibility index (Phi) is 8.62. The Morgan fingerprint density at radius 1 is 1.11 bits per heavy atom. The first-order chi connectivity index (χ1) is 8.51. The molecule has 0 rings (SSSR count). The molecule has 0 aliphatic rings. The van der Waals surface area contributed by atoms with E-state index < -0.39 is 11.9 Å². The van der Waals surface area contributed by atoms with Gasteiger partial charge in [0.05, 0.1) is 12.3 Å². The highest BCUT2D eigenvalue weighted by Gasteiger charge is 2.24. The zero-order chi connectivity index (χ0) is 14.0. The van der Waals surface area contributed by atoms with Crippen LogP contribution in [0.3, 0.4) is 0 Å². The molecule has 0 amide bonds. The van der Waals surface area contributed by atoms with Crippen molar-refractivity contribution in [1.82, 2.24) is 0 Å². The molecule has 0 N–H and O–H groups in total. The predicted molar refractivity (Wildman–Crippen MR) is 69.9 cm³/mol. The van der Waals surface area contributed by atoms with Crippen LogP contribution in [0.2, 0.25) is 0 Å². The molecule has 0 unspecified atom stereocenters. The molecule has 1 atom stereocenters. The molecule has 0 aromatic rings. The highest BCUT2D eigenvalue weighted by Crippen LogP contribution is 2.18. The van der Waals surface area contributed by atoms with Crippen LogP contribution >= 0.6 is 0 Å². The van der Waals surface area contributed by atoms with Gasteiger partial charge >= 0.3 is 11.9 Å². The largest absolute Gasteiger partial charge is 0.461 e. The summed E-state index contributed by atoms with van der Waals surface area (Å²) in [5, 5.41) is 0. The summed E-state index contributed by atoms with van der Waals surface area (Å²) in [6.45, 7) is 11.2. The van der Waals surface area contributed by atoms with E-state index in [0.717, 1.165) is 0 Å². The zero-order valence-corrected chi connectivity index (χ0v) is 11.2. The fourth-order valence-electron chi connectivity index (χ4n) is 1.50. The van der Waals surface area contributed by atoms with Crippen LogP contribution in [0.25, 0.3) is 0 Å². The fraction of sp³-hybridized carbons (Fsp3) is 0.571. The standard InChI is InChI=1S/C14H22O4/c1-5-7-17-13(15)10-12(9-11(3)4)14(16)18-8-6-2/h5-6,11-12H,1-2,7-10H2,3-4H3/t12-/m1/s1. The van der Waals surface area contributed by atoms with Crippen LogP contribution < -0.4 is 0 Å². The van der Waals surface area contributed by atoms with E-state index in [1.807, 2.05) is 13.8 Å². The number of hydrogen-bond acceptors (Lipinski definition) is 4. The molecular formula is C14H22O4. The van der Waals surface area contributed by atoms with Gasteiger partial charge in [-0.3, -0.25) is 9.59 Å². The van der Waals surface area contributed by atoms with Crippen molar-refractivity contribution in [3.63, 3.8) is 0 Å². The summed E-state index contributed by atoms with van der Waals surface area (Å²) < 4.78 is 9.85. The summed E-state index contributed by atoms with van der Waals surface area (Å²) in [5.74, 6) is -0.934. The van der Waals surface area contributed by atoms with Crippen LogP contribution in [-0.2, 0) is 19.1 Å². The van der Waals surface area contributed by atoms with Gasteiger partial charge in [-0.15, -0.1) is 0 Å². The van der Waals surface area contributed by atoms with Crippen molar-refractivity contribution in [3.05, 3.63) is 25.3 Å². The van der Waals surface area contributed by atoms with Crippen LogP contribution in [0.15, 0.2) is 25.3 Å². The lowest BCUT2D eigenvalue weighted by molar-refractivity contribution is -0.154. The molecule has 0 aliphatic heterocycles. The van der Waals surface area contributed by atoms with Gasteiger partial charge in [0, 0.05) is 0 Å². The molecular weight excluding hydrogens is 232 g/mol. The van der Waals surface area contributed by atoms with Crippen molar-refractivity contribution < 1.29 is 19.1 Å². The lowest BCUT2D eigenvalue weighted by Gasteiger charge is -2.16. The van der Waals surface area contributed by atoms with Crippen LogP contribution in [0, 0.1) is 11.8 Å². The van der Waals surface area contributed by atoms with Gasteiger partial charge < -0.3 is 9.47 Å². The smallest absolute Gasteiger partial charge is 0.309 e. The maximum absolute atomic E-state index is 11.7. The first kappa shape index (κ1) is 16.4. The second-order valence-electron chi connectivity index (χ2n) is 4.42. The summed E-state index contributed by atoms with van der Waals surface area (Å²) in [6, 6.07) is 0. The molecule has 102 valence electrons. The maximum atomic E-state index is 11.7. The normalized spacial score (nSPS) is 11.7. The van der Waals surface area contributed by atoms with Crippen molar-refractivity contribution in [2.45, 2.75) is 26.7 Å². The predicted octanol–water partition coefficient (Wildman–Crippen LogP) is 2.50. The maximum Gasteiger partial charge on any atom is 0.309 e. The molecule has 0 fully saturated rings. The topological polar surface area (TPSA) is 52.6 Å². The van der Waals surface area contributed by atoms with E-state index in [0.29, 0.717) is 12.3 Å². The van der Waals surface area contributed by atoms with Crippen molar-refractivity contribution in [1.29, 1.82) is 0 Å². The average molecular weight is 254 g/mol. The van der Waals surface area contributed by atoms with Gasteiger partial charge in [-0.2, -0.15) is 0 Å². The third-order valence-corrected chi connectivity index (χ3v) is 2.21. The van der Waals surface area contributed by atoms with E-state index in [4.69, 9.17) is 9.47 Å². The number of esters is 2. The minimum absolute atomic E-state index is 0.0436. The minimum Gasteiger partial charge on any atom is -0.461 e. The average Bonchev–Trinajstić information content (AvgIpc) is 2.32. The minimum atomic E-state index is -0.456. The SMILES string of the molecule is C=CCOC(=O)C[C@@H](CC(C)C)C(=O)OCC=C. The van der Waals surface area contributed by atoms with Crippen LogP contribution in [-0.4, -0.2) is 25.2 Å². The molecule has 0 aromatic heterocycles. The Labute approximate surface area is 109 Å². The molecule has 0 saturated heterocycles. The van der Waals surface area contributed by atoms with E-state index in [1.54, 1.807) is 0 Å². The Morgan fingerprint density at radius 2 is 1.67 bits per heavy atom. The van der Waals surface area contributed by atoms with Gasteiger partial charge in [0.25, 0.3) is 0 Å².